The molecule has 0 aliphatic heterocycles. The summed E-state index contributed by atoms with van der Waals surface area (Å²) in [6, 6.07) is 0.157. The largest absolute Gasteiger partial charge is 0.450 e. The van der Waals surface area contributed by atoms with Crippen LogP contribution in [-0.2, 0) is 4.74 Å². The van der Waals surface area contributed by atoms with Crippen LogP contribution < -0.4 is 11.1 Å². The van der Waals surface area contributed by atoms with E-state index in [0.29, 0.717) is 13.2 Å². The molecule has 0 radical (unpaired) electrons. The van der Waals surface area contributed by atoms with Crippen LogP contribution in [0, 0.1) is 0 Å². The van der Waals surface area contributed by atoms with Crippen molar-refractivity contribution in [1.82, 2.24) is 5.32 Å². The van der Waals surface area contributed by atoms with E-state index in [1.807, 2.05) is 6.92 Å². The molecule has 0 aromatic rings. The summed E-state index contributed by atoms with van der Waals surface area (Å²) < 4.78 is 4.90. The third-order valence-electron chi connectivity index (χ3n) is 1.97. The predicted molar refractivity (Wildman–Crippen MR) is 57.1 cm³/mol. The summed E-state index contributed by atoms with van der Waals surface area (Å²) in [6.07, 6.45) is 3.70. The van der Waals surface area contributed by atoms with E-state index < -0.39 is 0 Å². The summed E-state index contributed by atoms with van der Waals surface area (Å²) in [6.45, 7) is 5.00. The Bertz CT molecular complexity index is 151. The molecule has 0 saturated heterocycles. The van der Waals surface area contributed by atoms with Gasteiger partial charge in [0.05, 0.1) is 6.61 Å². The van der Waals surface area contributed by atoms with E-state index in [1.54, 1.807) is 0 Å². The number of unbranched alkanes of at least 4 members (excludes halogenated alkanes) is 1. The van der Waals surface area contributed by atoms with Gasteiger partial charge in [-0.25, -0.2) is 4.79 Å². The average Bonchev–Trinajstić information content (AvgIpc) is 2.15. The summed E-state index contributed by atoms with van der Waals surface area (Å²) in [5, 5.41) is 2.56. The second-order valence-corrected chi connectivity index (χ2v) is 3.36. The maximum absolute atomic E-state index is 10.9. The van der Waals surface area contributed by atoms with Gasteiger partial charge in [-0.3, -0.25) is 0 Å². The van der Waals surface area contributed by atoms with Crippen LogP contribution in [0.5, 0.6) is 0 Å². The van der Waals surface area contributed by atoms with Crippen LogP contribution in [0.2, 0.25) is 0 Å². The van der Waals surface area contributed by atoms with Gasteiger partial charge in [0.2, 0.25) is 0 Å². The van der Waals surface area contributed by atoms with Gasteiger partial charge in [-0.2, -0.15) is 0 Å². The van der Waals surface area contributed by atoms with Crippen LogP contribution in [0.4, 0.5) is 4.79 Å². The van der Waals surface area contributed by atoms with Crippen molar-refractivity contribution in [2.45, 2.75) is 45.6 Å². The first-order valence-electron chi connectivity index (χ1n) is 5.36. The molecule has 0 aromatic heterocycles. The van der Waals surface area contributed by atoms with Crippen molar-refractivity contribution in [3.05, 3.63) is 0 Å². The van der Waals surface area contributed by atoms with Crippen LogP contribution in [0.1, 0.15) is 39.5 Å². The second-order valence-electron chi connectivity index (χ2n) is 3.36. The maximum Gasteiger partial charge on any atom is 0.407 e. The summed E-state index contributed by atoms with van der Waals surface area (Å²) in [5.74, 6) is 0. The summed E-state index contributed by atoms with van der Waals surface area (Å²) >= 11 is 0. The molecule has 1 amide bonds. The summed E-state index contributed by atoms with van der Waals surface area (Å²) in [5.41, 5.74) is 5.81. The van der Waals surface area contributed by atoms with Crippen molar-refractivity contribution >= 4 is 6.09 Å². The molecule has 0 saturated carbocycles. The van der Waals surface area contributed by atoms with Crippen LogP contribution in [-0.4, -0.2) is 25.3 Å². The number of rotatable bonds is 7. The Kier molecular flexibility index (Phi) is 8.33. The molecule has 0 fully saturated rings. The van der Waals surface area contributed by atoms with Gasteiger partial charge in [-0.1, -0.05) is 19.8 Å². The molecular weight excluding hydrogens is 180 g/mol. The Labute approximate surface area is 86.2 Å². The molecular formula is C10H22N2O2. The molecule has 0 aromatic carbocycles. The van der Waals surface area contributed by atoms with Crippen molar-refractivity contribution in [1.29, 1.82) is 0 Å². The molecule has 14 heavy (non-hydrogen) atoms. The van der Waals surface area contributed by atoms with Gasteiger partial charge in [0.15, 0.2) is 0 Å². The van der Waals surface area contributed by atoms with E-state index in [0.717, 1.165) is 25.7 Å². The zero-order chi connectivity index (χ0) is 10.8. The maximum atomic E-state index is 10.9. The Balaban J connectivity index is 3.29. The number of nitrogens with two attached hydrogens (primary N) is 1. The molecule has 0 spiro atoms. The summed E-state index contributed by atoms with van der Waals surface area (Å²) in [7, 11) is 0. The molecule has 0 aliphatic carbocycles. The lowest BCUT2D eigenvalue weighted by atomic mass is 10.1. The molecule has 0 heterocycles. The van der Waals surface area contributed by atoms with Gasteiger partial charge < -0.3 is 15.8 Å². The molecule has 1 atom stereocenters. The van der Waals surface area contributed by atoms with Crippen molar-refractivity contribution in [3.8, 4) is 0 Å². The Morgan fingerprint density at radius 2 is 2.14 bits per heavy atom. The third kappa shape index (κ3) is 7.86. The second kappa shape index (κ2) is 8.81. The van der Waals surface area contributed by atoms with E-state index in [4.69, 9.17) is 10.5 Å². The van der Waals surface area contributed by atoms with E-state index in [1.165, 1.54) is 0 Å². The standard InChI is InChI=1S/C10H22N2O2/c1-3-5-6-9(11)7-8-14-10(13)12-4-2/h9H,3-8,11H2,1-2H3,(H,12,13). The number of carbonyl (C=O) groups is 1. The monoisotopic (exact) mass is 202 g/mol. The predicted octanol–water partition coefficient (Wildman–Crippen LogP) is 1.64. The number of carbonyl (C=O) groups excluding carboxylic acids is 1. The number of alkyl carbamates (subject to hydrolysis) is 1. The minimum Gasteiger partial charge on any atom is -0.450 e. The van der Waals surface area contributed by atoms with Crippen molar-refractivity contribution in [2.75, 3.05) is 13.2 Å². The van der Waals surface area contributed by atoms with Crippen LogP contribution in [0.25, 0.3) is 0 Å². The van der Waals surface area contributed by atoms with E-state index >= 15 is 0 Å². The quantitative estimate of drug-likeness (QED) is 0.659. The Morgan fingerprint density at radius 3 is 2.71 bits per heavy atom. The Hall–Kier alpha value is -0.770. The highest BCUT2D eigenvalue weighted by Crippen LogP contribution is 2.01. The number of hydrogen-bond donors (Lipinski definition) is 2. The first-order chi connectivity index (χ1) is 6.70. The van der Waals surface area contributed by atoms with E-state index in [9.17, 15) is 4.79 Å². The Morgan fingerprint density at radius 1 is 1.43 bits per heavy atom. The highest BCUT2D eigenvalue weighted by atomic mass is 16.5. The lowest BCUT2D eigenvalue weighted by Crippen LogP contribution is -2.27. The zero-order valence-corrected chi connectivity index (χ0v) is 9.21. The van der Waals surface area contributed by atoms with E-state index in [-0.39, 0.29) is 12.1 Å². The highest BCUT2D eigenvalue weighted by molar-refractivity contribution is 5.66. The first kappa shape index (κ1) is 13.2. The minimum absolute atomic E-state index is 0.157. The number of nitrogens with one attached hydrogen (secondary N) is 1. The fourth-order valence-corrected chi connectivity index (χ4v) is 1.11. The van der Waals surface area contributed by atoms with Crippen molar-refractivity contribution in [3.63, 3.8) is 0 Å². The lowest BCUT2D eigenvalue weighted by Gasteiger charge is -2.11. The fourth-order valence-electron chi connectivity index (χ4n) is 1.11. The van der Waals surface area contributed by atoms with Crippen molar-refractivity contribution in [2.24, 2.45) is 5.73 Å². The highest BCUT2D eigenvalue weighted by Gasteiger charge is 2.04. The normalized spacial score (nSPS) is 12.2. The number of amides is 1. The smallest absolute Gasteiger partial charge is 0.407 e. The van der Waals surface area contributed by atoms with Gasteiger partial charge in [0.1, 0.15) is 0 Å². The number of hydrogen-bond acceptors (Lipinski definition) is 3. The average molecular weight is 202 g/mol. The van der Waals surface area contributed by atoms with Crippen LogP contribution in [0.3, 0.4) is 0 Å². The molecule has 84 valence electrons. The number of ether oxygens (including phenoxy) is 1. The molecule has 0 bridgehead atoms. The van der Waals surface area contributed by atoms with Gasteiger partial charge >= 0.3 is 6.09 Å². The topological polar surface area (TPSA) is 64.3 Å². The minimum atomic E-state index is -0.352. The van der Waals surface area contributed by atoms with Gasteiger partial charge in [-0.15, -0.1) is 0 Å². The summed E-state index contributed by atoms with van der Waals surface area (Å²) in [4.78, 5) is 10.9. The first-order valence-corrected chi connectivity index (χ1v) is 5.36. The van der Waals surface area contributed by atoms with Crippen LogP contribution >= 0.6 is 0 Å². The molecule has 4 nitrogen and oxygen atoms in total. The van der Waals surface area contributed by atoms with Gasteiger partial charge in [0.25, 0.3) is 0 Å². The lowest BCUT2D eigenvalue weighted by molar-refractivity contribution is 0.142. The molecule has 0 rings (SSSR count). The van der Waals surface area contributed by atoms with Gasteiger partial charge in [-0.05, 0) is 19.8 Å². The SMILES string of the molecule is CCCCC(N)CCOC(=O)NCC. The molecule has 0 aliphatic rings. The molecule has 3 N–H and O–H groups in total. The molecule has 4 heteroatoms. The van der Waals surface area contributed by atoms with E-state index in [2.05, 4.69) is 12.2 Å². The zero-order valence-electron chi connectivity index (χ0n) is 9.21. The van der Waals surface area contributed by atoms with Crippen molar-refractivity contribution < 1.29 is 9.53 Å². The van der Waals surface area contributed by atoms with Crippen LogP contribution in [0.15, 0.2) is 0 Å². The molecule has 1 unspecified atom stereocenters. The fraction of sp³-hybridized carbons (Fsp3) is 0.900. The van der Waals surface area contributed by atoms with Gasteiger partial charge in [0, 0.05) is 12.6 Å². The third-order valence-corrected chi connectivity index (χ3v) is 1.97.